The summed E-state index contributed by atoms with van der Waals surface area (Å²) < 4.78 is 15.4. The first-order valence-electron chi connectivity index (χ1n) is 0.383. The summed E-state index contributed by atoms with van der Waals surface area (Å²) in [5.74, 6) is 0. The molecule has 0 radical (unpaired) electrons. The zero-order chi connectivity index (χ0) is 2.71. The van der Waals surface area contributed by atoms with Crippen molar-refractivity contribution in [3.63, 3.8) is 0 Å². The average molecular weight is 122 g/mol. The third kappa shape index (κ3) is 17.6. The van der Waals surface area contributed by atoms with Gasteiger partial charge in [-0.1, -0.05) is 0 Å². The Bertz CT molecular complexity index is 13.5. The second-order valence-electron chi connectivity index (χ2n) is 0.0816. The van der Waals surface area contributed by atoms with Crippen molar-refractivity contribution in [1.29, 1.82) is 0 Å². The van der Waals surface area contributed by atoms with Gasteiger partial charge in [0.1, 0.15) is 11.9 Å². The fourth-order valence-corrected chi connectivity index (χ4v) is 0. The van der Waals surface area contributed by atoms with Crippen LogP contribution in [0.5, 0.6) is 0 Å². The summed E-state index contributed by atoms with van der Waals surface area (Å²) in [5, 5.41) is 0. The fraction of sp³-hybridized carbons (Fsp3) is 0. The third-order valence-electron chi connectivity index (χ3n) is 0. The van der Waals surface area contributed by atoms with E-state index in [1.165, 1.54) is 0 Å². The van der Waals surface area contributed by atoms with Crippen LogP contribution in [0.15, 0.2) is 0 Å². The van der Waals surface area contributed by atoms with Gasteiger partial charge in [0, 0.05) is 17.1 Å². The van der Waals surface area contributed by atoms with E-state index in [-0.39, 0.29) is 17.1 Å². The van der Waals surface area contributed by atoms with Crippen molar-refractivity contribution < 1.29 is 25.8 Å². The Balaban J connectivity index is 0. The van der Waals surface area contributed by atoms with Crippen molar-refractivity contribution in [1.82, 2.24) is 0 Å². The molecule has 0 aromatic carbocycles. The molecule has 0 saturated carbocycles. The molecule has 0 aliphatic carbocycles. The Morgan fingerprint density at radius 1 is 1.75 bits per heavy atom. The summed E-state index contributed by atoms with van der Waals surface area (Å²) in [6.45, 7) is 0. The van der Waals surface area contributed by atoms with Crippen LogP contribution in [0.1, 0.15) is 0 Å². The van der Waals surface area contributed by atoms with Gasteiger partial charge in [-0.05, 0) is 0 Å². The predicted octanol–water partition coefficient (Wildman–Crippen LogP) is -0.598. The Kier molecular flexibility index (Phi) is 20.8. The normalized spacial score (nSPS) is 4.25. The van der Waals surface area contributed by atoms with Crippen molar-refractivity contribution in [2.24, 2.45) is 0 Å². The first-order chi connectivity index (χ1) is 1.41. The summed E-state index contributed by atoms with van der Waals surface area (Å²) >= 11 is -0.833. The average Bonchev–Trinajstić information content (AvgIpc) is 0.918. The minimum absolute atomic E-state index is 0. The van der Waals surface area contributed by atoms with E-state index < -0.39 is 11.9 Å². The maximum absolute atomic E-state index is 8.46. The summed E-state index contributed by atoms with van der Waals surface area (Å²) in [5.41, 5.74) is 0. The van der Waals surface area contributed by atoms with Gasteiger partial charge in [0.05, 0.1) is 0 Å². The molecule has 0 aliphatic rings. The Morgan fingerprint density at radius 2 is 1.75 bits per heavy atom. The van der Waals surface area contributed by atoms with Gasteiger partial charge < -0.3 is 4.55 Å². The first-order valence-corrected chi connectivity index (χ1v) is 1.15. The molecule has 0 fully saturated rings. The van der Waals surface area contributed by atoms with Crippen LogP contribution in [0.2, 0.25) is 0 Å². The molecular formula is H2FeO2S. The molecule has 0 bridgehead atoms. The van der Waals surface area contributed by atoms with E-state index in [0.717, 1.165) is 0 Å². The van der Waals surface area contributed by atoms with Gasteiger partial charge in [0.25, 0.3) is 0 Å². The zero-order valence-electron chi connectivity index (χ0n) is 1.66. The minimum Gasteiger partial charge on any atom is -0.308 e. The number of hydrogen-bond donors (Lipinski definition) is 2. The molecule has 0 saturated heterocycles. The van der Waals surface area contributed by atoms with Gasteiger partial charge in [-0.3, -0.25) is 0 Å². The van der Waals surface area contributed by atoms with E-state index in [2.05, 4.69) is 0 Å². The van der Waals surface area contributed by atoms with Crippen LogP contribution in [0.4, 0.5) is 0 Å². The monoisotopic (exact) mass is 122 g/mol. The molecule has 2 nitrogen and oxygen atoms in total. The second-order valence-corrected chi connectivity index (χ2v) is 0.245. The summed E-state index contributed by atoms with van der Waals surface area (Å²) in [7, 11) is 0. The van der Waals surface area contributed by atoms with Gasteiger partial charge >= 0.3 is 0 Å². The summed E-state index contributed by atoms with van der Waals surface area (Å²) in [4.78, 5) is 0. The number of thiol groups is 1. The van der Waals surface area contributed by atoms with Crippen LogP contribution < -0.4 is 0 Å². The maximum Gasteiger partial charge on any atom is 0.139 e. The summed E-state index contributed by atoms with van der Waals surface area (Å²) in [6, 6.07) is 0. The van der Waals surface area contributed by atoms with E-state index in [1.807, 2.05) is 0 Å². The molecular weight excluding hydrogens is 120 g/mol. The SMILES string of the molecule is O=[SH]O.[Fe]. The molecule has 1 N–H and O–H groups in total. The molecule has 4 heteroatoms. The van der Waals surface area contributed by atoms with Gasteiger partial charge in [0.15, 0.2) is 0 Å². The Labute approximate surface area is 38.4 Å². The topological polar surface area (TPSA) is 37.3 Å². The van der Waals surface area contributed by atoms with Crippen molar-refractivity contribution in [3.05, 3.63) is 0 Å². The molecule has 0 aliphatic heterocycles. The molecule has 28 valence electrons. The van der Waals surface area contributed by atoms with Crippen LogP contribution in [0.25, 0.3) is 0 Å². The zero-order valence-corrected chi connectivity index (χ0v) is 3.65. The van der Waals surface area contributed by atoms with Crippen LogP contribution in [0.3, 0.4) is 0 Å². The van der Waals surface area contributed by atoms with E-state index in [0.29, 0.717) is 0 Å². The van der Waals surface area contributed by atoms with Crippen molar-refractivity contribution in [2.75, 3.05) is 0 Å². The van der Waals surface area contributed by atoms with Gasteiger partial charge in [-0.25, -0.2) is 4.21 Å². The van der Waals surface area contributed by atoms with E-state index in [1.54, 1.807) is 0 Å². The summed E-state index contributed by atoms with van der Waals surface area (Å²) in [6.07, 6.45) is 0. The predicted molar refractivity (Wildman–Crippen MR) is 12.2 cm³/mol. The Hall–Kier alpha value is 0.629. The van der Waals surface area contributed by atoms with Crippen LogP contribution in [-0.2, 0) is 29.0 Å². The number of hydrogen-bond acceptors (Lipinski definition) is 1. The van der Waals surface area contributed by atoms with Crippen LogP contribution >= 0.6 is 0 Å². The third-order valence-corrected chi connectivity index (χ3v) is 0. The molecule has 0 atom stereocenters. The second kappa shape index (κ2) is 9.45. The Morgan fingerprint density at radius 3 is 1.75 bits per heavy atom. The largest absolute Gasteiger partial charge is 0.308 e. The molecule has 4 heavy (non-hydrogen) atoms. The van der Waals surface area contributed by atoms with E-state index >= 15 is 0 Å². The van der Waals surface area contributed by atoms with Gasteiger partial charge in [-0.15, -0.1) is 0 Å². The molecule has 0 heterocycles. The molecule has 0 rings (SSSR count). The van der Waals surface area contributed by atoms with Gasteiger partial charge in [-0.2, -0.15) is 0 Å². The van der Waals surface area contributed by atoms with E-state index in [4.69, 9.17) is 8.76 Å². The standard InChI is InChI=1S/Fe.H2O2S/c;1-3-2/h;3H,(H,1,2). The van der Waals surface area contributed by atoms with Gasteiger partial charge in [0.2, 0.25) is 0 Å². The number of rotatable bonds is 0. The first kappa shape index (κ1) is 8.82. The smallest absolute Gasteiger partial charge is 0.139 e. The van der Waals surface area contributed by atoms with E-state index in [9.17, 15) is 0 Å². The molecule has 0 unspecified atom stereocenters. The maximum atomic E-state index is 8.46. The quantitative estimate of drug-likeness (QED) is 0.256. The van der Waals surface area contributed by atoms with Crippen molar-refractivity contribution >= 4 is 11.9 Å². The molecule has 0 spiro atoms. The molecule has 0 aromatic heterocycles. The van der Waals surface area contributed by atoms with Crippen molar-refractivity contribution in [2.45, 2.75) is 0 Å². The van der Waals surface area contributed by atoms with Crippen molar-refractivity contribution in [3.8, 4) is 0 Å². The fourth-order valence-electron chi connectivity index (χ4n) is 0. The molecule has 0 amide bonds. The molecule has 0 aromatic rings. The van der Waals surface area contributed by atoms with Crippen LogP contribution in [0, 0.1) is 0 Å². The van der Waals surface area contributed by atoms with Crippen LogP contribution in [-0.4, -0.2) is 8.76 Å². The minimum atomic E-state index is -0.833.